The molecule has 0 saturated heterocycles. The van der Waals surface area contributed by atoms with Crippen LogP contribution in [0.1, 0.15) is 63.4 Å². The molecule has 1 aromatic carbocycles. The highest BCUT2D eigenvalue weighted by Gasteiger charge is 2.30. The Hall–Kier alpha value is -1.84. The third kappa shape index (κ3) is 5.38. The van der Waals surface area contributed by atoms with Crippen LogP contribution in [0.15, 0.2) is 30.3 Å². The van der Waals surface area contributed by atoms with Crippen LogP contribution in [0.5, 0.6) is 0 Å². The Morgan fingerprint density at radius 2 is 1.87 bits per heavy atom. The van der Waals surface area contributed by atoms with Crippen molar-refractivity contribution < 1.29 is 14.7 Å². The molecule has 3 atom stereocenters. The third-order valence-electron chi connectivity index (χ3n) is 4.85. The van der Waals surface area contributed by atoms with Crippen LogP contribution < -0.4 is 5.32 Å². The zero-order chi connectivity index (χ0) is 16.7. The number of carboxylic acid groups (broad SMARTS) is 1. The predicted molar refractivity (Wildman–Crippen MR) is 90.2 cm³/mol. The lowest BCUT2D eigenvalue weighted by Crippen LogP contribution is -2.42. The van der Waals surface area contributed by atoms with Gasteiger partial charge in [-0.25, -0.2) is 0 Å². The lowest BCUT2D eigenvalue weighted by Gasteiger charge is -2.23. The molecule has 0 aromatic heterocycles. The second-order valence-corrected chi connectivity index (χ2v) is 6.61. The normalized spacial score (nSPS) is 22.8. The van der Waals surface area contributed by atoms with Gasteiger partial charge in [-0.05, 0) is 30.7 Å². The van der Waals surface area contributed by atoms with Gasteiger partial charge in [-0.3, -0.25) is 9.59 Å². The van der Waals surface area contributed by atoms with Gasteiger partial charge in [0.1, 0.15) is 0 Å². The minimum absolute atomic E-state index is 0.0223. The van der Waals surface area contributed by atoms with E-state index < -0.39 is 11.9 Å². The molecule has 4 nitrogen and oxygen atoms in total. The van der Waals surface area contributed by atoms with Crippen LogP contribution in [0, 0.1) is 5.92 Å². The van der Waals surface area contributed by atoms with Crippen molar-refractivity contribution in [1.82, 2.24) is 5.32 Å². The summed E-state index contributed by atoms with van der Waals surface area (Å²) in [4.78, 5) is 23.6. The monoisotopic (exact) mass is 317 g/mol. The van der Waals surface area contributed by atoms with E-state index in [1.807, 2.05) is 18.2 Å². The van der Waals surface area contributed by atoms with E-state index in [0.717, 1.165) is 32.1 Å². The van der Waals surface area contributed by atoms with E-state index in [2.05, 4.69) is 24.4 Å². The van der Waals surface area contributed by atoms with Crippen LogP contribution in [-0.2, 0) is 9.59 Å². The van der Waals surface area contributed by atoms with Gasteiger partial charge >= 0.3 is 5.97 Å². The number of hydrogen-bond acceptors (Lipinski definition) is 2. The second kappa shape index (κ2) is 8.70. The fourth-order valence-corrected chi connectivity index (χ4v) is 3.35. The highest BCUT2D eigenvalue weighted by molar-refractivity contribution is 5.78. The summed E-state index contributed by atoms with van der Waals surface area (Å²) in [6, 6.07) is 9.95. The van der Waals surface area contributed by atoms with Crippen molar-refractivity contribution in [1.29, 1.82) is 0 Å². The summed E-state index contributed by atoms with van der Waals surface area (Å²) >= 11 is 0. The van der Waals surface area contributed by atoms with Crippen molar-refractivity contribution in [2.75, 3.05) is 0 Å². The highest BCUT2D eigenvalue weighted by Crippen LogP contribution is 2.24. The molecule has 0 heterocycles. The number of aliphatic carboxylic acids is 1. The van der Waals surface area contributed by atoms with E-state index >= 15 is 0 Å². The van der Waals surface area contributed by atoms with E-state index in [4.69, 9.17) is 0 Å². The van der Waals surface area contributed by atoms with Gasteiger partial charge in [0, 0.05) is 12.5 Å². The standard InChI is InChI=1S/C19H27NO3/c1-14(15-8-4-2-5-9-15)12-13-18(21)20-17-11-7-3-6-10-16(17)19(22)23/h2,4-5,8-9,14,16-17H,3,6-7,10-13H2,1H3,(H,20,21)(H,22,23)/t14?,16-,17+/m1/s1. The largest absolute Gasteiger partial charge is 0.481 e. The molecular formula is C19H27NO3. The van der Waals surface area contributed by atoms with Crippen LogP contribution in [0.25, 0.3) is 0 Å². The van der Waals surface area contributed by atoms with Crippen LogP contribution >= 0.6 is 0 Å². The van der Waals surface area contributed by atoms with Crippen LogP contribution in [0.3, 0.4) is 0 Å². The Balaban J connectivity index is 1.84. The molecule has 1 aliphatic rings. The van der Waals surface area contributed by atoms with E-state index in [1.54, 1.807) is 0 Å². The minimum atomic E-state index is -0.783. The summed E-state index contributed by atoms with van der Waals surface area (Å²) in [5.74, 6) is -0.917. The molecule has 1 unspecified atom stereocenters. The van der Waals surface area contributed by atoms with Gasteiger partial charge in [0.15, 0.2) is 0 Å². The van der Waals surface area contributed by atoms with Gasteiger partial charge in [-0.15, -0.1) is 0 Å². The number of nitrogens with one attached hydrogen (secondary N) is 1. The summed E-state index contributed by atoms with van der Waals surface area (Å²) in [6.45, 7) is 2.12. The van der Waals surface area contributed by atoms with Crippen LogP contribution in [-0.4, -0.2) is 23.0 Å². The molecule has 1 fully saturated rings. The molecule has 0 aliphatic heterocycles. The summed E-state index contributed by atoms with van der Waals surface area (Å²) in [5.41, 5.74) is 1.23. The molecule has 4 heteroatoms. The number of carbonyl (C=O) groups excluding carboxylic acids is 1. The maximum Gasteiger partial charge on any atom is 0.308 e. The lowest BCUT2D eigenvalue weighted by molar-refractivity contribution is -0.143. The highest BCUT2D eigenvalue weighted by atomic mass is 16.4. The first kappa shape index (κ1) is 17.5. The van der Waals surface area contributed by atoms with Gasteiger partial charge in [-0.1, -0.05) is 56.5 Å². The van der Waals surface area contributed by atoms with E-state index in [1.165, 1.54) is 5.56 Å². The lowest BCUT2D eigenvalue weighted by atomic mass is 9.93. The molecule has 1 aliphatic carbocycles. The first-order valence-corrected chi connectivity index (χ1v) is 8.65. The molecule has 23 heavy (non-hydrogen) atoms. The molecule has 0 radical (unpaired) electrons. The van der Waals surface area contributed by atoms with E-state index in [0.29, 0.717) is 18.8 Å². The topological polar surface area (TPSA) is 66.4 Å². The number of hydrogen-bond donors (Lipinski definition) is 2. The average molecular weight is 317 g/mol. The van der Waals surface area contributed by atoms with Crippen molar-refractivity contribution in [3.8, 4) is 0 Å². The maximum absolute atomic E-state index is 12.2. The number of rotatable bonds is 6. The maximum atomic E-state index is 12.2. The van der Waals surface area contributed by atoms with E-state index in [-0.39, 0.29) is 11.9 Å². The summed E-state index contributed by atoms with van der Waals surface area (Å²) in [6.07, 6.45) is 5.65. The van der Waals surface area contributed by atoms with Crippen molar-refractivity contribution in [2.45, 2.75) is 63.8 Å². The molecule has 1 saturated carbocycles. The third-order valence-corrected chi connectivity index (χ3v) is 4.85. The first-order chi connectivity index (χ1) is 11.1. The zero-order valence-electron chi connectivity index (χ0n) is 13.8. The number of amides is 1. The fraction of sp³-hybridized carbons (Fsp3) is 0.579. The minimum Gasteiger partial charge on any atom is -0.481 e. The number of carboxylic acids is 1. The molecule has 2 rings (SSSR count). The SMILES string of the molecule is CC(CCC(=O)N[C@H]1CCCCC[C@H]1C(=O)O)c1ccccc1. The molecule has 2 N–H and O–H groups in total. The van der Waals surface area contributed by atoms with Crippen molar-refractivity contribution in [3.63, 3.8) is 0 Å². The van der Waals surface area contributed by atoms with Gasteiger partial charge in [0.05, 0.1) is 5.92 Å². The smallest absolute Gasteiger partial charge is 0.308 e. The van der Waals surface area contributed by atoms with Crippen molar-refractivity contribution in [2.24, 2.45) is 5.92 Å². The molecule has 1 amide bonds. The molecular weight excluding hydrogens is 290 g/mol. The molecule has 0 bridgehead atoms. The molecule has 1 aromatic rings. The second-order valence-electron chi connectivity index (χ2n) is 6.61. The fourth-order valence-electron chi connectivity index (χ4n) is 3.35. The number of carbonyl (C=O) groups is 2. The first-order valence-electron chi connectivity index (χ1n) is 8.65. The Bertz CT molecular complexity index is 515. The summed E-state index contributed by atoms with van der Waals surface area (Å²) < 4.78 is 0. The number of benzene rings is 1. The predicted octanol–water partition coefficient (Wildman–Crippen LogP) is 3.72. The summed E-state index contributed by atoms with van der Waals surface area (Å²) in [7, 11) is 0. The Kier molecular flexibility index (Phi) is 6.63. The van der Waals surface area contributed by atoms with Gasteiger partial charge < -0.3 is 10.4 Å². The van der Waals surface area contributed by atoms with Crippen molar-refractivity contribution >= 4 is 11.9 Å². The Morgan fingerprint density at radius 3 is 2.57 bits per heavy atom. The Morgan fingerprint density at radius 1 is 1.17 bits per heavy atom. The van der Waals surface area contributed by atoms with Crippen molar-refractivity contribution in [3.05, 3.63) is 35.9 Å². The zero-order valence-corrected chi connectivity index (χ0v) is 13.8. The van der Waals surface area contributed by atoms with E-state index in [9.17, 15) is 14.7 Å². The van der Waals surface area contributed by atoms with Gasteiger partial charge in [0.25, 0.3) is 0 Å². The van der Waals surface area contributed by atoms with Gasteiger partial charge in [-0.2, -0.15) is 0 Å². The average Bonchev–Trinajstić information content (AvgIpc) is 2.79. The summed E-state index contributed by atoms with van der Waals surface area (Å²) in [5, 5.41) is 12.3. The van der Waals surface area contributed by atoms with Crippen LogP contribution in [0.4, 0.5) is 0 Å². The Labute approximate surface area is 138 Å². The van der Waals surface area contributed by atoms with Crippen LogP contribution in [0.2, 0.25) is 0 Å². The molecule has 126 valence electrons. The molecule has 0 spiro atoms. The van der Waals surface area contributed by atoms with Gasteiger partial charge in [0.2, 0.25) is 5.91 Å². The quantitative estimate of drug-likeness (QED) is 0.786.